The highest BCUT2D eigenvalue weighted by molar-refractivity contribution is 5.41. The van der Waals surface area contributed by atoms with Crippen molar-refractivity contribution in [3.05, 3.63) is 16.4 Å². The Kier molecular flexibility index (Phi) is 5.34. The van der Waals surface area contributed by atoms with Crippen LogP contribution in [0.1, 0.15) is 19.3 Å². The van der Waals surface area contributed by atoms with Gasteiger partial charge in [0.15, 0.2) is 0 Å². The first-order valence-electron chi connectivity index (χ1n) is 7.09. The Bertz CT molecular complexity index is 470. The second-order valence-electron chi connectivity index (χ2n) is 5.07. The van der Waals surface area contributed by atoms with Gasteiger partial charge in [-0.2, -0.15) is 4.98 Å². The normalized spacial score (nSPS) is 16.6. The van der Waals surface area contributed by atoms with Crippen molar-refractivity contribution in [1.29, 1.82) is 0 Å². The second kappa shape index (κ2) is 7.23. The van der Waals surface area contributed by atoms with Crippen molar-refractivity contribution >= 4 is 11.8 Å². The number of H-pyrrole nitrogens is 1. The first-order chi connectivity index (χ1) is 9.69. The van der Waals surface area contributed by atoms with E-state index in [-0.39, 0.29) is 18.2 Å². The van der Waals surface area contributed by atoms with E-state index in [1.165, 1.54) is 6.07 Å². The van der Waals surface area contributed by atoms with Crippen molar-refractivity contribution in [3.8, 4) is 0 Å². The van der Waals surface area contributed by atoms with E-state index in [0.29, 0.717) is 12.2 Å². The Balaban J connectivity index is 1.80. The predicted octanol–water partition coefficient (Wildman–Crippen LogP) is 0.614. The van der Waals surface area contributed by atoms with Gasteiger partial charge in [0.25, 0.3) is 5.56 Å². The molecular weight excluding hydrogens is 261 g/mol. The summed E-state index contributed by atoms with van der Waals surface area (Å²) in [4.78, 5) is 22.4. The summed E-state index contributed by atoms with van der Waals surface area (Å²) >= 11 is 0. The van der Waals surface area contributed by atoms with Gasteiger partial charge in [0, 0.05) is 32.2 Å². The highest BCUT2D eigenvalue weighted by atomic mass is 19.1. The average molecular weight is 283 g/mol. The van der Waals surface area contributed by atoms with Crippen molar-refractivity contribution in [3.63, 3.8) is 0 Å². The number of aromatic nitrogens is 2. The third-order valence-electron chi connectivity index (χ3n) is 3.55. The van der Waals surface area contributed by atoms with E-state index >= 15 is 0 Å². The minimum absolute atomic E-state index is 0.154. The zero-order chi connectivity index (χ0) is 14.4. The van der Waals surface area contributed by atoms with Crippen LogP contribution in [-0.4, -0.2) is 54.3 Å². The summed E-state index contributed by atoms with van der Waals surface area (Å²) in [6, 6.07) is 1.48. The van der Waals surface area contributed by atoms with Crippen LogP contribution in [0.2, 0.25) is 0 Å². The highest BCUT2D eigenvalue weighted by Crippen LogP contribution is 2.12. The minimum atomic E-state index is -0.221. The summed E-state index contributed by atoms with van der Waals surface area (Å²) in [5, 5.41) is 0. The van der Waals surface area contributed by atoms with E-state index in [1.807, 2.05) is 0 Å². The molecule has 0 atom stereocenters. The maximum absolute atomic E-state index is 12.0. The number of unbranched alkanes of at least 4 members (excludes halogenated alkanes) is 2. The van der Waals surface area contributed by atoms with Gasteiger partial charge in [0.1, 0.15) is 5.82 Å². The van der Waals surface area contributed by atoms with E-state index in [4.69, 9.17) is 5.73 Å². The maximum atomic E-state index is 12.0. The average Bonchev–Trinajstić information content (AvgIpc) is 2.43. The van der Waals surface area contributed by atoms with E-state index in [0.717, 1.165) is 45.6 Å². The van der Waals surface area contributed by atoms with Crippen LogP contribution in [0.5, 0.6) is 0 Å². The molecule has 1 aliphatic heterocycles. The molecule has 1 fully saturated rings. The number of anilines is 2. The van der Waals surface area contributed by atoms with Crippen LogP contribution < -0.4 is 16.2 Å². The Hall–Kier alpha value is -1.63. The number of alkyl halides is 1. The van der Waals surface area contributed by atoms with Crippen LogP contribution in [0.25, 0.3) is 0 Å². The molecule has 0 radical (unpaired) electrons. The fraction of sp³-hybridized carbons (Fsp3) is 0.692. The molecule has 6 nitrogen and oxygen atoms in total. The molecule has 2 rings (SSSR count). The Morgan fingerprint density at radius 3 is 2.65 bits per heavy atom. The molecule has 1 saturated heterocycles. The summed E-state index contributed by atoms with van der Waals surface area (Å²) in [7, 11) is 0. The number of hydrogen-bond donors (Lipinski definition) is 2. The lowest BCUT2D eigenvalue weighted by molar-refractivity contribution is 0.250. The lowest BCUT2D eigenvalue weighted by atomic mass is 10.2. The number of piperazine rings is 1. The molecule has 0 unspecified atom stereocenters. The third kappa shape index (κ3) is 4.19. The van der Waals surface area contributed by atoms with E-state index in [9.17, 15) is 9.18 Å². The second-order valence-corrected chi connectivity index (χ2v) is 5.07. The molecule has 20 heavy (non-hydrogen) atoms. The molecule has 0 spiro atoms. The van der Waals surface area contributed by atoms with Crippen molar-refractivity contribution in [2.75, 3.05) is 50.0 Å². The predicted molar refractivity (Wildman–Crippen MR) is 77.7 cm³/mol. The lowest BCUT2D eigenvalue weighted by Crippen LogP contribution is -2.47. The van der Waals surface area contributed by atoms with Crippen LogP contribution in [-0.2, 0) is 0 Å². The number of aromatic amines is 1. The van der Waals surface area contributed by atoms with Gasteiger partial charge in [-0.25, -0.2) is 0 Å². The van der Waals surface area contributed by atoms with E-state index < -0.39 is 0 Å². The molecule has 0 aliphatic carbocycles. The topological polar surface area (TPSA) is 78.2 Å². The number of rotatable bonds is 6. The summed E-state index contributed by atoms with van der Waals surface area (Å²) in [5.41, 5.74) is 5.33. The summed E-state index contributed by atoms with van der Waals surface area (Å²) in [6.45, 7) is 4.33. The Labute approximate surface area is 117 Å². The van der Waals surface area contributed by atoms with E-state index in [2.05, 4.69) is 19.8 Å². The van der Waals surface area contributed by atoms with Crippen molar-refractivity contribution in [1.82, 2.24) is 14.9 Å². The minimum Gasteiger partial charge on any atom is -0.369 e. The summed E-state index contributed by atoms with van der Waals surface area (Å²) < 4.78 is 12.0. The van der Waals surface area contributed by atoms with Gasteiger partial charge < -0.3 is 10.6 Å². The molecule has 1 aromatic rings. The maximum Gasteiger partial charge on any atom is 0.254 e. The molecule has 7 heteroatoms. The highest BCUT2D eigenvalue weighted by Gasteiger charge is 2.18. The molecule has 0 saturated carbocycles. The fourth-order valence-corrected chi connectivity index (χ4v) is 2.43. The van der Waals surface area contributed by atoms with Gasteiger partial charge in [-0.1, -0.05) is 0 Å². The Morgan fingerprint density at radius 2 is 2.00 bits per heavy atom. The quantitative estimate of drug-likeness (QED) is 0.748. The summed E-state index contributed by atoms with van der Waals surface area (Å²) in [5.74, 6) is 0.796. The first kappa shape index (κ1) is 14.8. The molecule has 1 aromatic heterocycles. The van der Waals surface area contributed by atoms with Gasteiger partial charge >= 0.3 is 0 Å². The van der Waals surface area contributed by atoms with Gasteiger partial charge in [0.2, 0.25) is 5.95 Å². The fourth-order valence-electron chi connectivity index (χ4n) is 2.43. The number of nitrogens with one attached hydrogen (secondary N) is 1. The van der Waals surface area contributed by atoms with Crippen molar-refractivity contribution in [2.45, 2.75) is 19.3 Å². The number of halogens is 1. The van der Waals surface area contributed by atoms with E-state index in [1.54, 1.807) is 0 Å². The molecule has 2 heterocycles. The van der Waals surface area contributed by atoms with Crippen molar-refractivity contribution in [2.24, 2.45) is 0 Å². The Morgan fingerprint density at radius 1 is 1.25 bits per heavy atom. The van der Waals surface area contributed by atoms with Gasteiger partial charge in [-0.3, -0.25) is 19.1 Å². The number of nitrogen functional groups attached to an aromatic ring is 1. The third-order valence-corrected chi connectivity index (χ3v) is 3.55. The number of hydrogen-bond acceptors (Lipinski definition) is 5. The van der Waals surface area contributed by atoms with Crippen LogP contribution in [0.3, 0.4) is 0 Å². The van der Waals surface area contributed by atoms with Crippen LogP contribution in [0.15, 0.2) is 10.9 Å². The standard InChI is InChI=1S/C13H22FN5O/c14-4-2-1-3-5-18-6-8-19(9-7-18)11-10-12(20)17-13(15)16-11/h10H,1-9H2,(H3,15,16,17,20). The zero-order valence-corrected chi connectivity index (χ0v) is 11.6. The van der Waals surface area contributed by atoms with Gasteiger partial charge in [-0.15, -0.1) is 0 Å². The SMILES string of the molecule is Nc1nc(N2CCN(CCCCCF)CC2)cc(=O)[nH]1. The molecule has 0 aromatic carbocycles. The number of nitrogens with zero attached hydrogens (tertiary/aromatic N) is 3. The largest absolute Gasteiger partial charge is 0.369 e. The summed E-state index contributed by atoms with van der Waals surface area (Å²) in [6.07, 6.45) is 2.65. The van der Waals surface area contributed by atoms with Crippen LogP contribution >= 0.6 is 0 Å². The smallest absolute Gasteiger partial charge is 0.254 e. The van der Waals surface area contributed by atoms with Crippen LogP contribution in [0, 0.1) is 0 Å². The van der Waals surface area contributed by atoms with Gasteiger partial charge in [0.05, 0.1) is 6.67 Å². The molecular formula is C13H22FN5O. The van der Waals surface area contributed by atoms with Gasteiger partial charge in [-0.05, 0) is 25.8 Å². The van der Waals surface area contributed by atoms with Crippen molar-refractivity contribution < 1.29 is 4.39 Å². The first-order valence-corrected chi connectivity index (χ1v) is 7.09. The molecule has 112 valence electrons. The lowest BCUT2D eigenvalue weighted by Gasteiger charge is -2.35. The zero-order valence-electron chi connectivity index (χ0n) is 11.6. The molecule has 1 aliphatic rings. The molecule has 0 bridgehead atoms. The monoisotopic (exact) mass is 283 g/mol. The number of nitrogens with two attached hydrogens (primary N) is 1. The molecule has 3 N–H and O–H groups in total. The molecule has 0 amide bonds. The van der Waals surface area contributed by atoms with Crippen LogP contribution in [0.4, 0.5) is 16.2 Å².